The van der Waals surface area contributed by atoms with Gasteiger partial charge in [0, 0.05) is 32.7 Å². The Morgan fingerprint density at radius 3 is 2.35 bits per heavy atom. The standard InChI is InChI=1S/C35H40O4S/c1-5-12-26(6-2)19-20-37-23-29(39-35(36)25(3)4)24-38-34-32-16-11-10-13-27(32)21-28-17-18-31(22-33(28)34)40-30-14-8-7-9-15-30/h7-11,13-18,21-22,26,29H,3,5-6,12,19-20,23-24H2,1-2,4H3. The summed E-state index contributed by atoms with van der Waals surface area (Å²) in [7, 11) is 0. The molecule has 4 aromatic carbocycles. The van der Waals surface area contributed by atoms with Crippen molar-refractivity contribution in [3.63, 3.8) is 0 Å². The van der Waals surface area contributed by atoms with Crippen molar-refractivity contribution < 1.29 is 19.0 Å². The maximum absolute atomic E-state index is 12.4. The minimum absolute atomic E-state index is 0.185. The number of hydrogen-bond donors (Lipinski definition) is 0. The first-order valence-electron chi connectivity index (χ1n) is 14.2. The second kappa shape index (κ2) is 14.9. The van der Waals surface area contributed by atoms with Crippen LogP contribution in [0, 0.1) is 5.92 Å². The molecule has 2 unspecified atom stereocenters. The fraction of sp³-hybridized carbons (Fsp3) is 0.343. The fourth-order valence-electron chi connectivity index (χ4n) is 4.81. The summed E-state index contributed by atoms with van der Waals surface area (Å²) in [5, 5.41) is 4.24. The Morgan fingerprint density at radius 2 is 1.60 bits per heavy atom. The lowest BCUT2D eigenvalue weighted by molar-refractivity contribution is -0.149. The van der Waals surface area contributed by atoms with E-state index in [0.717, 1.165) is 45.0 Å². The van der Waals surface area contributed by atoms with Gasteiger partial charge in [-0.2, -0.15) is 0 Å². The fourth-order valence-corrected chi connectivity index (χ4v) is 5.69. The average Bonchev–Trinajstić information content (AvgIpc) is 2.97. The van der Waals surface area contributed by atoms with E-state index in [1.165, 1.54) is 17.7 Å². The summed E-state index contributed by atoms with van der Waals surface area (Å²) in [4.78, 5) is 14.8. The summed E-state index contributed by atoms with van der Waals surface area (Å²) in [6, 6.07) is 27.2. The van der Waals surface area contributed by atoms with E-state index in [9.17, 15) is 4.79 Å². The summed E-state index contributed by atoms with van der Waals surface area (Å²) >= 11 is 1.72. The van der Waals surface area contributed by atoms with Gasteiger partial charge in [-0.15, -0.1) is 0 Å². The molecule has 0 amide bonds. The lowest BCUT2D eigenvalue weighted by atomic mass is 9.98. The summed E-state index contributed by atoms with van der Waals surface area (Å²) in [5.74, 6) is 1.01. The van der Waals surface area contributed by atoms with E-state index in [0.29, 0.717) is 18.1 Å². The third kappa shape index (κ3) is 8.12. The smallest absolute Gasteiger partial charge is 0.333 e. The molecule has 0 heterocycles. The molecule has 0 aliphatic rings. The van der Waals surface area contributed by atoms with Crippen molar-refractivity contribution in [1.29, 1.82) is 0 Å². The molecule has 4 nitrogen and oxygen atoms in total. The molecular formula is C35H40O4S. The largest absolute Gasteiger partial charge is 0.488 e. The number of rotatable bonds is 15. The predicted octanol–water partition coefficient (Wildman–Crippen LogP) is 9.24. The summed E-state index contributed by atoms with van der Waals surface area (Å²) in [6.45, 7) is 10.9. The van der Waals surface area contributed by atoms with E-state index >= 15 is 0 Å². The van der Waals surface area contributed by atoms with Gasteiger partial charge in [0.2, 0.25) is 0 Å². The van der Waals surface area contributed by atoms with Crippen LogP contribution in [0.4, 0.5) is 0 Å². The lowest BCUT2D eigenvalue weighted by Crippen LogP contribution is -2.30. The minimum Gasteiger partial charge on any atom is -0.488 e. The van der Waals surface area contributed by atoms with Gasteiger partial charge < -0.3 is 14.2 Å². The molecule has 0 N–H and O–H groups in total. The Hall–Kier alpha value is -3.28. The van der Waals surface area contributed by atoms with Gasteiger partial charge in [0.1, 0.15) is 12.4 Å². The second-order valence-corrected chi connectivity index (χ2v) is 11.4. The van der Waals surface area contributed by atoms with Gasteiger partial charge >= 0.3 is 5.97 Å². The molecule has 0 aliphatic heterocycles. The first kappa shape index (κ1) is 29.7. The molecule has 0 aliphatic carbocycles. The molecule has 2 atom stereocenters. The van der Waals surface area contributed by atoms with Crippen LogP contribution in [-0.2, 0) is 14.3 Å². The highest BCUT2D eigenvalue weighted by Crippen LogP contribution is 2.38. The van der Waals surface area contributed by atoms with Crippen LogP contribution in [0.2, 0.25) is 0 Å². The first-order valence-corrected chi connectivity index (χ1v) is 15.1. The van der Waals surface area contributed by atoms with Crippen molar-refractivity contribution >= 4 is 39.3 Å². The second-order valence-electron chi connectivity index (χ2n) is 10.3. The molecule has 0 radical (unpaired) electrons. The van der Waals surface area contributed by atoms with Crippen LogP contribution in [0.5, 0.6) is 5.75 Å². The van der Waals surface area contributed by atoms with Crippen LogP contribution in [0.1, 0.15) is 46.5 Å². The van der Waals surface area contributed by atoms with Crippen molar-refractivity contribution in [1.82, 2.24) is 0 Å². The molecule has 0 saturated carbocycles. The molecule has 40 heavy (non-hydrogen) atoms. The quantitative estimate of drug-likeness (QED) is 0.0632. The van der Waals surface area contributed by atoms with E-state index in [1.54, 1.807) is 18.7 Å². The monoisotopic (exact) mass is 556 g/mol. The van der Waals surface area contributed by atoms with E-state index in [4.69, 9.17) is 14.2 Å². The molecule has 210 valence electrons. The van der Waals surface area contributed by atoms with Crippen LogP contribution >= 0.6 is 11.8 Å². The van der Waals surface area contributed by atoms with Gasteiger partial charge in [0.15, 0.2) is 6.10 Å². The third-order valence-electron chi connectivity index (χ3n) is 7.05. The van der Waals surface area contributed by atoms with Gasteiger partial charge in [-0.05, 0) is 60.4 Å². The zero-order valence-electron chi connectivity index (χ0n) is 23.9. The number of hydrogen-bond acceptors (Lipinski definition) is 5. The van der Waals surface area contributed by atoms with Crippen molar-refractivity contribution in [2.75, 3.05) is 19.8 Å². The molecule has 0 saturated heterocycles. The van der Waals surface area contributed by atoms with Crippen LogP contribution in [0.15, 0.2) is 101 Å². The van der Waals surface area contributed by atoms with E-state index < -0.39 is 12.1 Å². The summed E-state index contributed by atoms with van der Waals surface area (Å²) in [5.41, 5.74) is 0.359. The van der Waals surface area contributed by atoms with E-state index in [-0.39, 0.29) is 13.2 Å². The molecule has 5 heteroatoms. The Bertz CT molecular complexity index is 1420. The molecule has 0 spiro atoms. The van der Waals surface area contributed by atoms with Crippen molar-refractivity contribution in [3.05, 3.63) is 91.0 Å². The number of benzene rings is 4. The average molecular weight is 557 g/mol. The topological polar surface area (TPSA) is 44.8 Å². The predicted molar refractivity (Wildman–Crippen MR) is 166 cm³/mol. The SMILES string of the molecule is C=C(C)C(=O)OC(COCCC(CC)CCC)COc1c2ccccc2cc2ccc(Sc3ccccc3)cc12. The van der Waals surface area contributed by atoms with E-state index in [2.05, 4.69) is 69.0 Å². The van der Waals surface area contributed by atoms with Gasteiger partial charge in [0.25, 0.3) is 0 Å². The minimum atomic E-state index is -0.550. The molecule has 4 rings (SSSR count). The molecule has 0 bridgehead atoms. The third-order valence-corrected chi connectivity index (χ3v) is 8.05. The first-order chi connectivity index (χ1) is 19.5. The molecule has 0 aromatic heterocycles. The number of esters is 1. The highest BCUT2D eigenvalue weighted by Gasteiger charge is 2.19. The van der Waals surface area contributed by atoms with Crippen LogP contribution < -0.4 is 4.74 Å². The van der Waals surface area contributed by atoms with Gasteiger partial charge in [-0.25, -0.2) is 4.79 Å². The molecule has 4 aromatic rings. The van der Waals surface area contributed by atoms with Gasteiger partial charge in [0.05, 0.1) is 6.61 Å². The summed E-state index contributed by atoms with van der Waals surface area (Å²) in [6.07, 6.45) is 3.98. The molecule has 0 fully saturated rings. The number of carbonyl (C=O) groups excluding carboxylic acids is 1. The highest BCUT2D eigenvalue weighted by atomic mass is 32.2. The zero-order chi connectivity index (χ0) is 28.3. The normalized spacial score (nSPS) is 12.8. The van der Waals surface area contributed by atoms with Gasteiger partial charge in [-0.3, -0.25) is 0 Å². The number of carbonyl (C=O) groups is 1. The van der Waals surface area contributed by atoms with Crippen molar-refractivity contribution in [3.8, 4) is 5.75 Å². The Morgan fingerprint density at radius 1 is 0.850 bits per heavy atom. The van der Waals surface area contributed by atoms with Crippen LogP contribution in [-0.4, -0.2) is 31.9 Å². The maximum atomic E-state index is 12.4. The van der Waals surface area contributed by atoms with Crippen LogP contribution in [0.3, 0.4) is 0 Å². The maximum Gasteiger partial charge on any atom is 0.333 e. The zero-order valence-corrected chi connectivity index (χ0v) is 24.7. The Labute approximate surface area is 242 Å². The van der Waals surface area contributed by atoms with Crippen LogP contribution in [0.25, 0.3) is 21.5 Å². The van der Waals surface area contributed by atoms with E-state index in [1.807, 2.05) is 30.3 Å². The number of ether oxygens (including phenoxy) is 3. The highest BCUT2D eigenvalue weighted by molar-refractivity contribution is 7.99. The Balaban J connectivity index is 1.57. The molecular weight excluding hydrogens is 516 g/mol. The Kier molecular flexibility index (Phi) is 11.1. The van der Waals surface area contributed by atoms with Crippen molar-refractivity contribution in [2.45, 2.75) is 62.3 Å². The van der Waals surface area contributed by atoms with Gasteiger partial charge in [-0.1, -0.05) is 100.0 Å². The summed E-state index contributed by atoms with van der Waals surface area (Å²) < 4.78 is 18.3. The number of fused-ring (bicyclic) bond motifs is 2. The van der Waals surface area contributed by atoms with Crippen molar-refractivity contribution in [2.24, 2.45) is 5.92 Å². The lowest BCUT2D eigenvalue weighted by Gasteiger charge is -2.21.